The fourth-order valence-corrected chi connectivity index (χ4v) is 3.33. The van der Waals surface area contributed by atoms with Crippen molar-refractivity contribution in [2.24, 2.45) is 0 Å². The fourth-order valence-electron chi connectivity index (χ4n) is 3.33. The van der Waals surface area contributed by atoms with Crippen LogP contribution >= 0.6 is 0 Å². The molecule has 1 aliphatic heterocycles. The number of rotatable bonds is 5. The SMILES string of the molecule is Cc1cccc(C(=O)NCC2CC(O)CN2Cc2ccccc2)c1O. The zero-order chi connectivity index (χ0) is 17.8. The van der Waals surface area contributed by atoms with Crippen LogP contribution in [0, 0.1) is 6.92 Å². The molecule has 0 aromatic heterocycles. The molecule has 0 spiro atoms. The monoisotopic (exact) mass is 340 g/mol. The molecule has 0 radical (unpaired) electrons. The third kappa shape index (κ3) is 4.18. The van der Waals surface area contributed by atoms with Crippen molar-refractivity contribution in [3.63, 3.8) is 0 Å². The molecule has 0 aliphatic carbocycles. The maximum absolute atomic E-state index is 12.4. The molecule has 25 heavy (non-hydrogen) atoms. The lowest BCUT2D eigenvalue weighted by molar-refractivity contribution is 0.0937. The number of likely N-dealkylation sites (tertiary alicyclic amines) is 1. The van der Waals surface area contributed by atoms with E-state index >= 15 is 0 Å². The minimum Gasteiger partial charge on any atom is -0.507 e. The Morgan fingerprint density at radius 1 is 1.20 bits per heavy atom. The first-order chi connectivity index (χ1) is 12.0. The number of benzene rings is 2. The number of nitrogens with zero attached hydrogens (tertiary/aromatic N) is 1. The number of carbonyl (C=O) groups excluding carboxylic acids is 1. The summed E-state index contributed by atoms with van der Waals surface area (Å²) in [6.45, 7) is 3.55. The second-order valence-corrected chi connectivity index (χ2v) is 6.64. The predicted molar refractivity (Wildman–Crippen MR) is 96.4 cm³/mol. The number of carbonyl (C=O) groups is 1. The van der Waals surface area contributed by atoms with Gasteiger partial charge in [-0.25, -0.2) is 0 Å². The Bertz CT molecular complexity index is 733. The van der Waals surface area contributed by atoms with Gasteiger partial charge >= 0.3 is 0 Å². The summed E-state index contributed by atoms with van der Waals surface area (Å²) >= 11 is 0. The molecule has 1 heterocycles. The van der Waals surface area contributed by atoms with Crippen molar-refractivity contribution in [1.29, 1.82) is 0 Å². The van der Waals surface area contributed by atoms with E-state index in [9.17, 15) is 15.0 Å². The quantitative estimate of drug-likeness (QED) is 0.779. The number of hydrogen-bond donors (Lipinski definition) is 3. The van der Waals surface area contributed by atoms with E-state index < -0.39 is 0 Å². The highest BCUT2D eigenvalue weighted by molar-refractivity contribution is 5.97. The molecule has 3 N–H and O–H groups in total. The van der Waals surface area contributed by atoms with Gasteiger partial charge in [0.25, 0.3) is 5.91 Å². The second-order valence-electron chi connectivity index (χ2n) is 6.64. The third-order valence-corrected chi connectivity index (χ3v) is 4.71. The van der Waals surface area contributed by atoms with Crippen molar-refractivity contribution < 1.29 is 15.0 Å². The van der Waals surface area contributed by atoms with Gasteiger partial charge in [0.05, 0.1) is 11.7 Å². The number of aliphatic hydroxyl groups excluding tert-OH is 1. The Morgan fingerprint density at radius 3 is 2.72 bits per heavy atom. The number of amides is 1. The van der Waals surface area contributed by atoms with Gasteiger partial charge in [-0.1, -0.05) is 42.5 Å². The van der Waals surface area contributed by atoms with Crippen LogP contribution in [0.2, 0.25) is 0 Å². The van der Waals surface area contributed by atoms with Gasteiger partial charge < -0.3 is 15.5 Å². The molecule has 2 aromatic carbocycles. The third-order valence-electron chi connectivity index (χ3n) is 4.71. The lowest BCUT2D eigenvalue weighted by atomic mass is 10.1. The summed E-state index contributed by atoms with van der Waals surface area (Å²) in [4.78, 5) is 14.6. The van der Waals surface area contributed by atoms with Crippen LogP contribution in [0.3, 0.4) is 0 Å². The normalized spacial score (nSPS) is 20.6. The molecule has 1 saturated heterocycles. The molecule has 132 valence electrons. The van der Waals surface area contributed by atoms with Crippen molar-refractivity contribution in [2.75, 3.05) is 13.1 Å². The van der Waals surface area contributed by atoms with E-state index in [1.54, 1.807) is 25.1 Å². The minimum absolute atomic E-state index is 0.0209. The lowest BCUT2D eigenvalue weighted by Gasteiger charge is -2.24. The van der Waals surface area contributed by atoms with Crippen molar-refractivity contribution in [3.8, 4) is 5.75 Å². The van der Waals surface area contributed by atoms with Gasteiger partial charge in [0.15, 0.2) is 0 Å². The van der Waals surface area contributed by atoms with Crippen LogP contribution in [0.15, 0.2) is 48.5 Å². The highest BCUT2D eigenvalue weighted by atomic mass is 16.3. The van der Waals surface area contributed by atoms with E-state index in [4.69, 9.17) is 0 Å². The largest absolute Gasteiger partial charge is 0.507 e. The molecule has 5 nitrogen and oxygen atoms in total. The average Bonchev–Trinajstić information content (AvgIpc) is 2.95. The Morgan fingerprint density at radius 2 is 1.96 bits per heavy atom. The number of aromatic hydroxyl groups is 1. The maximum atomic E-state index is 12.4. The van der Waals surface area contributed by atoms with E-state index in [0.29, 0.717) is 25.1 Å². The zero-order valence-electron chi connectivity index (χ0n) is 14.4. The van der Waals surface area contributed by atoms with E-state index in [-0.39, 0.29) is 29.4 Å². The first-order valence-electron chi connectivity index (χ1n) is 8.57. The first-order valence-corrected chi connectivity index (χ1v) is 8.57. The van der Waals surface area contributed by atoms with E-state index in [1.807, 2.05) is 18.2 Å². The fraction of sp³-hybridized carbons (Fsp3) is 0.350. The summed E-state index contributed by atoms with van der Waals surface area (Å²) in [7, 11) is 0. The Balaban J connectivity index is 1.62. The molecule has 2 atom stereocenters. The lowest BCUT2D eigenvalue weighted by Crippen LogP contribution is -2.39. The van der Waals surface area contributed by atoms with Gasteiger partial charge in [-0.15, -0.1) is 0 Å². The Kier molecular flexibility index (Phi) is 5.36. The molecule has 1 aliphatic rings. The molecule has 2 unspecified atom stereocenters. The summed E-state index contributed by atoms with van der Waals surface area (Å²) < 4.78 is 0. The van der Waals surface area contributed by atoms with Gasteiger partial charge in [0.2, 0.25) is 0 Å². The molecule has 1 fully saturated rings. The smallest absolute Gasteiger partial charge is 0.255 e. The van der Waals surface area contributed by atoms with Gasteiger partial charge in [-0.2, -0.15) is 0 Å². The highest BCUT2D eigenvalue weighted by Gasteiger charge is 2.31. The van der Waals surface area contributed by atoms with Gasteiger partial charge in [-0.3, -0.25) is 9.69 Å². The summed E-state index contributed by atoms with van der Waals surface area (Å²) in [6, 6.07) is 15.3. The second kappa shape index (κ2) is 7.68. The first kappa shape index (κ1) is 17.5. The van der Waals surface area contributed by atoms with Crippen molar-refractivity contribution in [1.82, 2.24) is 10.2 Å². The molecular formula is C20H24N2O3. The molecule has 0 saturated carbocycles. The Hall–Kier alpha value is -2.37. The Labute approximate surface area is 147 Å². The molecule has 0 bridgehead atoms. The number of para-hydroxylation sites is 1. The van der Waals surface area contributed by atoms with Gasteiger partial charge in [0.1, 0.15) is 5.75 Å². The van der Waals surface area contributed by atoms with E-state index in [1.165, 1.54) is 5.56 Å². The summed E-state index contributed by atoms with van der Waals surface area (Å²) in [5.41, 5.74) is 2.15. The summed E-state index contributed by atoms with van der Waals surface area (Å²) in [5, 5.41) is 22.9. The van der Waals surface area contributed by atoms with Crippen LogP contribution in [0.25, 0.3) is 0 Å². The number of phenolic OH excluding ortho intramolecular Hbond substituents is 1. The maximum Gasteiger partial charge on any atom is 0.255 e. The molecule has 5 heteroatoms. The van der Waals surface area contributed by atoms with Crippen LogP contribution in [0.1, 0.15) is 27.9 Å². The van der Waals surface area contributed by atoms with Crippen LogP contribution in [-0.4, -0.2) is 46.3 Å². The van der Waals surface area contributed by atoms with Gasteiger partial charge in [0, 0.05) is 25.7 Å². The van der Waals surface area contributed by atoms with Crippen LogP contribution in [0.5, 0.6) is 5.75 Å². The van der Waals surface area contributed by atoms with Crippen LogP contribution in [0.4, 0.5) is 0 Å². The van der Waals surface area contributed by atoms with E-state index in [2.05, 4.69) is 22.3 Å². The standard InChI is InChI=1S/C20H24N2O3/c1-14-6-5-9-18(19(14)24)20(25)21-11-16-10-17(23)13-22(16)12-15-7-3-2-4-8-15/h2-9,16-17,23-24H,10-13H2,1H3,(H,21,25). The van der Waals surface area contributed by atoms with Crippen molar-refractivity contribution in [2.45, 2.75) is 32.0 Å². The average molecular weight is 340 g/mol. The van der Waals surface area contributed by atoms with Crippen molar-refractivity contribution >= 4 is 5.91 Å². The van der Waals surface area contributed by atoms with E-state index in [0.717, 1.165) is 6.54 Å². The number of phenols is 1. The van der Waals surface area contributed by atoms with Crippen LogP contribution < -0.4 is 5.32 Å². The molecule has 2 aromatic rings. The zero-order valence-corrected chi connectivity index (χ0v) is 14.4. The molecule has 1 amide bonds. The van der Waals surface area contributed by atoms with Crippen molar-refractivity contribution in [3.05, 3.63) is 65.2 Å². The number of aliphatic hydroxyl groups is 1. The number of β-amino-alcohol motifs (C(OH)–C–C–N with tert-alkyl or cyclic N) is 1. The van der Waals surface area contributed by atoms with Gasteiger partial charge in [-0.05, 0) is 30.5 Å². The summed E-state index contributed by atoms with van der Waals surface area (Å²) in [6.07, 6.45) is 0.255. The number of nitrogens with one attached hydrogen (secondary N) is 1. The number of hydrogen-bond acceptors (Lipinski definition) is 4. The summed E-state index contributed by atoms with van der Waals surface area (Å²) in [5.74, 6) is -0.269. The van der Waals surface area contributed by atoms with Crippen LogP contribution in [-0.2, 0) is 6.54 Å². The minimum atomic E-state index is -0.377. The highest BCUT2D eigenvalue weighted by Crippen LogP contribution is 2.22. The number of aryl methyl sites for hydroxylation is 1. The topological polar surface area (TPSA) is 72.8 Å². The molecule has 3 rings (SSSR count). The predicted octanol–water partition coefficient (Wildman–Crippen LogP) is 2.07. The molecular weight excluding hydrogens is 316 g/mol.